The molecule has 4 atom stereocenters. The minimum atomic E-state index is -1.17. The zero-order valence-corrected chi connectivity index (χ0v) is 22.6. The fourth-order valence-electron chi connectivity index (χ4n) is 4.07. The number of carbonyl (C=O) groups excluding carboxylic acids is 3. The van der Waals surface area contributed by atoms with E-state index >= 15 is 0 Å². The number of nitrogens with zero attached hydrogens (tertiary/aromatic N) is 1. The highest BCUT2D eigenvalue weighted by Gasteiger charge is 2.31. The number of H-pyrrole nitrogens is 1. The molecule has 0 saturated carbocycles. The average molecular weight is 544 g/mol. The second kappa shape index (κ2) is 16.2. The van der Waals surface area contributed by atoms with Gasteiger partial charge in [0.15, 0.2) is 0 Å². The summed E-state index contributed by atoms with van der Waals surface area (Å²) in [5, 5.41) is 17.6. The lowest BCUT2D eigenvalue weighted by molar-refractivity contribution is -0.142. The Labute approximate surface area is 228 Å². The highest BCUT2D eigenvalue weighted by Crippen LogP contribution is 2.09. The summed E-state index contributed by atoms with van der Waals surface area (Å²) in [6.45, 7) is 4.29. The van der Waals surface area contributed by atoms with Crippen LogP contribution >= 0.6 is 0 Å². The Bertz CT molecular complexity index is 1050. The van der Waals surface area contributed by atoms with Crippen molar-refractivity contribution in [1.29, 1.82) is 0 Å². The molecule has 214 valence electrons. The molecule has 39 heavy (non-hydrogen) atoms. The Balaban J connectivity index is 2.24. The van der Waals surface area contributed by atoms with Gasteiger partial charge in [0.2, 0.25) is 17.7 Å². The summed E-state index contributed by atoms with van der Waals surface area (Å²) < 4.78 is 0. The maximum absolute atomic E-state index is 13.5. The first-order valence-corrected chi connectivity index (χ1v) is 13.2. The minimum absolute atomic E-state index is 0.0858. The molecule has 2 rings (SSSR count). The fraction of sp³-hybridized carbons (Fsp3) is 0.519. The highest BCUT2D eigenvalue weighted by molar-refractivity contribution is 5.94. The molecule has 1 aromatic carbocycles. The van der Waals surface area contributed by atoms with Gasteiger partial charge < -0.3 is 37.5 Å². The van der Waals surface area contributed by atoms with E-state index in [-0.39, 0.29) is 25.2 Å². The average Bonchev–Trinajstić information content (AvgIpc) is 3.40. The summed E-state index contributed by atoms with van der Waals surface area (Å²) in [7, 11) is 0. The Morgan fingerprint density at radius 2 is 1.54 bits per heavy atom. The lowest BCUT2D eigenvalue weighted by atomic mass is 10.0. The molecule has 0 spiro atoms. The van der Waals surface area contributed by atoms with E-state index in [1.807, 2.05) is 19.9 Å². The van der Waals surface area contributed by atoms with E-state index in [4.69, 9.17) is 11.5 Å². The van der Waals surface area contributed by atoms with Crippen LogP contribution in [0.2, 0.25) is 0 Å². The maximum atomic E-state index is 13.5. The number of carbonyl (C=O) groups is 4. The van der Waals surface area contributed by atoms with Gasteiger partial charge >= 0.3 is 5.97 Å². The number of carboxylic acid groups (broad SMARTS) is 1. The van der Waals surface area contributed by atoms with Gasteiger partial charge in [-0.05, 0) is 43.7 Å². The number of hydrogen-bond donors (Lipinski definition) is 7. The molecule has 0 aliphatic carbocycles. The number of benzene rings is 1. The van der Waals surface area contributed by atoms with Gasteiger partial charge in [0, 0.05) is 24.7 Å². The van der Waals surface area contributed by atoms with Gasteiger partial charge in [0.05, 0.1) is 12.4 Å². The number of nitrogens with one attached hydrogen (secondary N) is 4. The summed E-state index contributed by atoms with van der Waals surface area (Å²) in [6.07, 6.45) is 4.98. The first-order valence-electron chi connectivity index (χ1n) is 13.2. The van der Waals surface area contributed by atoms with Crippen molar-refractivity contribution >= 4 is 23.7 Å². The predicted molar refractivity (Wildman–Crippen MR) is 146 cm³/mol. The van der Waals surface area contributed by atoms with Crippen molar-refractivity contribution in [2.75, 3.05) is 6.54 Å². The molecule has 0 radical (unpaired) electrons. The Morgan fingerprint density at radius 1 is 0.923 bits per heavy atom. The molecule has 0 fully saturated rings. The molecule has 12 nitrogen and oxygen atoms in total. The van der Waals surface area contributed by atoms with E-state index < -0.39 is 47.9 Å². The number of aliphatic carboxylic acids is 1. The van der Waals surface area contributed by atoms with Crippen LogP contribution in [0.3, 0.4) is 0 Å². The third kappa shape index (κ3) is 11.2. The number of imidazole rings is 1. The van der Waals surface area contributed by atoms with Crippen molar-refractivity contribution in [2.24, 2.45) is 17.4 Å². The molecule has 0 aliphatic heterocycles. The SMILES string of the molecule is CC(C)CC(N)C(=O)NC(Cc1cnc[nH]1)C(=O)NC(Cc1ccccc1)C(=O)NC(CCCCN)C(=O)O. The molecular formula is C27H41N7O5. The van der Waals surface area contributed by atoms with E-state index in [2.05, 4.69) is 25.9 Å². The van der Waals surface area contributed by atoms with E-state index in [0.29, 0.717) is 31.5 Å². The topological polar surface area (TPSA) is 205 Å². The smallest absolute Gasteiger partial charge is 0.326 e. The zero-order valence-electron chi connectivity index (χ0n) is 22.6. The van der Waals surface area contributed by atoms with Crippen LogP contribution in [0.1, 0.15) is 50.8 Å². The molecular weight excluding hydrogens is 502 g/mol. The predicted octanol–water partition coefficient (Wildman–Crippen LogP) is 0.236. The fourth-order valence-corrected chi connectivity index (χ4v) is 4.07. The Hall–Kier alpha value is -3.77. The minimum Gasteiger partial charge on any atom is -0.480 e. The van der Waals surface area contributed by atoms with Crippen molar-refractivity contribution < 1.29 is 24.3 Å². The van der Waals surface area contributed by atoms with E-state index in [0.717, 1.165) is 5.56 Å². The lowest BCUT2D eigenvalue weighted by Crippen LogP contribution is -2.58. The van der Waals surface area contributed by atoms with Crippen molar-refractivity contribution in [2.45, 2.75) is 76.5 Å². The Kier molecular flexibility index (Phi) is 13.1. The van der Waals surface area contributed by atoms with Gasteiger partial charge in [0.25, 0.3) is 0 Å². The highest BCUT2D eigenvalue weighted by atomic mass is 16.4. The van der Waals surface area contributed by atoms with Crippen molar-refractivity contribution in [1.82, 2.24) is 25.9 Å². The van der Waals surface area contributed by atoms with Crippen LogP contribution in [0.5, 0.6) is 0 Å². The first-order chi connectivity index (χ1) is 18.6. The quantitative estimate of drug-likeness (QED) is 0.137. The number of rotatable bonds is 17. The first kappa shape index (κ1) is 31.4. The van der Waals surface area contributed by atoms with Gasteiger partial charge in [-0.1, -0.05) is 44.2 Å². The number of unbranched alkanes of at least 4 members (excludes halogenated alkanes) is 1. The summed E-state index contributed by atoms with van der Waals surface area (Å²) >= 11 is 0. The molecule has 1 aromatic heterocycles. The number of aromatic amines is 1. The Morgan fingerprint density at radius 3 is 2.10 bits per heavy atom. The normalized spacial score (nSPS) is 14.2. The number of hydrogen-bond acceptors (Lipinski definition) is 7. The molecule has 0 aliphatic rings. The largest absolute Gasteiger partial charge is 0.480 e. The monoisotopic (exact) mass is 543 g/mol. The van der Waals surface area contributed by atoms with Gasteiger partial charge in [-0.25, -0.2) is 9.78 Å². The van der Waals surface area contributed by atoms with Crippen molar-refractivity contribution in [3.8, 4) is 0 Å². The van der Waals surface area contributed by atoms with E-state index in [9.17, 15) is 24.3 Å². The molecule has 1 heterocycles. The lowest BCUT2D eigenvalue weighted by Gasteiger charge is -2.25. The van der Waals surface area contributed by atoms with Crippen molar-refractivity contribution in [3.63, 3.8) is 0 Å². The van der Waals surface area contributed by atoms with Gasteiger partial charge in [0.1, 0.15) is 18.1 Å². The zero-order chi connectivity index (χ0) is 28.8. The van der Waals surface area contributed by atoms with Crippen LogP contribution in [0.25, 0.3) is 0 Å². The van der Waals surface area contributed by atoms with Crippen LogP contribution in [0.4, 0.5) is 0 Å². The molecule has 3 amide bonds. The van der Waals surface area contributed by atoms with Crippen LogP contribution in [0.15, 0.2) is 42.9 Å². The van der Waals surface area contributed by atoms with E-state index in [1.165, 1.54) is 12.5 Å². The second-order valence-corrected chi connectivity index (χ2v) is 10.0. The van der Waals surface area contributed by atoms with Crippen LogP contribution in [-0.2, 0) is 32.0 Å². The summed E-state index contributed by atoms with van der Waals surface area (Å²) in [4.78, 5) is 58.2. The summed E-state index contributed by atoms with van der Waals surface area (Å²) in [6, 6.07) is 4.94. The van der Waals surface area contributed by atoms with Crippen molar-refractivity contribution in [3.05, 3.63) is 54.1 Å². The molecule has 0 saturated heterocycles. The molecule has 12 heteroatoms. The summed E-state index contributed by atoms with van der Waals surface area (Å²) in [5.41, 5.74) is 12.9. The third-order valence-corrected chi connectivity index (χ3v) is 6.15. The van der Waals surface area contributed by atoms with Crippen LogP contribution in [-0.4, -0.2) is 69.5 Å². The molecule has 0 bridgehead atoms. The number of aromatic nitrogens is 2. The van der Waals surface area contributed by atoms with Crippen LogP contribution in [0, 0.1) is 5.92 Å². The summed E-state index contributed by atoms with van der Waals surface area (Å²) in [5.74, 6) is -2.74. The second-order valence-electron chi connectivity index (χ2n) is 10.0. The standard InChI is InChI=1S/C27H41N7O5/c1-17(2)12-20(29)24(35)33-23(14-19-15-30-16-31-19)26(37)34-22(13-18-8-4-3-5-9-18)25(36)32-21(27(38)39)10-6-7-11-28/h3-5,8-9,15-17,20-23H,6-7,10-14,28-29H2,1-2H3,(H,30,31)(H,32,36)(H,33,35)(H,34,37)(H,38,39). The maximum Gasteiger partial charge on any atom is 0.326 e. The molecule has 9 N–H and O–H groups in total. The van der Waals surface area contributed by atoms with E-state index in [1.54, 1.807) is 24.3 Å². The third-order valence-electron chi connectivity index (χ3n) is 6.15. The molecule has 2 aromatic rings. The van der Waals surface area contributed by atoms with Gasteiger partial charge in [-0.15, -0.1) is 0 Å². The number of amides is 3. The van der Waals surface area contributed by atoms with Crippen LogP contribution < -0.4 is 27.4 Å². The number of carboxylic acids is 1. The number of nitrogens with two attached hydrogens (primary N) is 2. The molecule has 4 unspecified atom stereocenters. The van der Waals surface area contributed by atoms with Gasteiger partial charge in [-0.3, -0.25) is 14.4 Å². The van der Waals surface area contributed by atoms with Gasteiger partial charge in [-0.2, -0.15) is 0 Å².